The molecule has 0 heterocycles. The van der Waals surface area contributed by atoms with E-state index in [9.17, 15) is 0 Å². The van der Waals surface area contributed by atoms with Crippen molar-refractivity contribution in [3.63, 3.8) is 0 Å². The van der Waals surface area contributed by atoms with Gasteiger partial charge in [-0.25, -0.2) is 0 Å². The van der Waals surface area contributed by atoms with E-state index in [1.165, 1.54) is 37.7 Å². The molecule has 15 heavy (non-hydrogen) atoms. The maximum absolute atomic E-state index is 2.47. The van der Waals surface area contributed by atoms with Crippen LogP contribution in [-0.4, -0.2) is 0 Å². The number of hydrogen-bond acceptors (Lipinski definition) is 0. The van der Waals surface area contributed by atoms with Crippen LogP contribution < -0.4 is 0 Å². The highest BCUT2D eigenvalue weighted by atomic mass is 14.1. The van der Waals surface area contributed by atoms with Crippen LogP contribution in [0.25, 0.3) is 0 Å². The standard InChI is InChI=1S/C15H23/c1-3-4-9-14(2)10-8-13-15-11-6-5-7-12-15/h5-7,10-12,14H,3-4,8-9,13H2,1-2H3. The van der Waals surface area contributed by atoms with E-state index >= 15 is 0 Å². The van der Waals surface area contributed by atoms with Gasteiger partial charge in [-0.15, -0.1) is 0 Å². The lowest BCUT2D eigenvalue weighted by atomic mass is 9.96. The lowest BCUT2D eigenvalue weighted by Gasteiger charge is -2.09. The summed E-state index contributed by atoms with van der Waals surface area (Å²) in [5.74, 6) is 0.786. The van der Waals surface area contributed by atoms with Gasteiger partial charge >= 0.3 is 0 Å². The van der Waals surface area contributed by atoms with Crippen molar-refractivity contribution >= 4 is 0 Å². The zero-order valence-electron chi connectivity index (χ0n) is 10.1. The summed E-state index contributed by atoms with van der Waals surface area (Å²) in [7, 11) is 0. The molecular weight excluding hydrogens is 180 g/mol. The number of hydrogen-bond donors (Lipinski definition) is 0. The van der Waals surface area contributed by atoms with Crippen molar-refractivity contribution in [2.24, 2.45) is 5.92 Å². The fourth-order valence-corrected chi connectivity index (χ4v) is 1.82. The van der Waals surface area contributed by atoms with Crippen LogP contribution in [0.15, 0.2) is 30.3 Å². The summed E-state index contributed by atoms with van der Waals surface area (Å²) in [6, 6.07) is 10.7. The summed E-state index contributed by atoms with van der Waals surface area (Å²) >= 11 is 0. The summed E-state index contributed by atoms with van der Waals surface area (Å²) in [6.07, 6.45) is 8.92. The summed E-state index contributed by atoms with van der Waals surface area (Å²) in [4.78, 5) is 0. The summed E-state index contributed by atoms with van der Waals surface area (Å²) in [5, 5.41) is 0. The molecule has 1 aromatic carbocycles. The Morgan fingerprint density at radius 3 is 2.60 bits per heavy atom. The first-order valence-electron chi connectivity index (χ1n) is 6.20. The Labute approximate surface area is 94.7 Å². The normalized spacial score (nSPS) is 12.7. The highest BCUT2D eigenvalue weighted by Gasteiger charge is 2.01. The predicted molar refractivity (Wildman–Crippen MR) is 67.8 cm³/mol. The zero-order valence-corrected chi connectivity index (χ0v) is 10.1. The largest absolute Gasteiger partial charge is 0.0654 e. The Kier molecular flexibility index (Phi) is 6.15. The lowest BCUT2D eigenvalue weighted by molar-refractivity contribution is 0.547. The van der Waals surface area contributed by atoms with Crippen LogP contribution in [0, 0.1) is 12.3 Å². The lowest BCUT2D eigenvalue weighted by Crippen LogP contribution is -1.97. The van der Waals surface area contributed by atoms with Gasteiger partial charge in [0, 0.05) is 0 Å². The molecule has 0 bridgehead atoms. The van der Waals surface area contributed by atoms with Gasteiger partial charge in [0.2, 0.25) is 0 Å². The van der Waals surface area contributed by atoms with E-state index in [1.54, 1.807) is 0 Å². The minimum Gasteiger partial charge on any atom is -0.0654 e. The molecule has 0 saturated heterocycles. The first kappa shape index (κ1) is 12.3. The monoisotopic (exact) mass is 203 g/mol. The molecule has 1 unspecified atom stereocenters. The molecule has 83 valence electrons. The van der Waals surface area contributed by atoms with Gasteiger partial charge in [-0.1, -0.05) is 63.4 Å². The minimum absolute atomic E-state index is 0.786. The predicted octanol–water partition coefficient (Wildman–Crippen LogP) is 4.65. The van der Waals surface area contributed by atoms with Gasteiger partial charge < -0.3 is 0 Å². The maximum Gasteiger partial charge on any atom is -0.0276 e. The van der Waals surface area contributed by atoms with Crippen molar-refractivity contribution in [1.82, 2.24) is 0 Å². The van der Waals surface area contributed by atoms with E-state index in [4.69, 9.17) is 0 Å². The third-order valence-electron chi connectivity index (χ3n) is 2.86. The van der Waals surface area contributed by atoms with Gasteiger partial charge in [0.1, 0.15) is 0 Å². The number of unbranched alkanes of at least 4 members (excludes halogenated alkanes) is 1. The van der Waals surface area contributed by atoms with Gasteiger partial charge in [-0.05, 0) is 30.7 Å². The molecule has 1 aromatic rings. The molecule has 0 aromatic heterocycles. The molecular formula is C15H23. The van der Waals surface area contributed by atoms with E-state index in [1.807, 2.05) is 0 Å². The number of rotatable bonds is 7. The fraction of sp³-hybridized carbons (Fsp3) is 0.533. The molecule has 0 aliphatic heterocycles. The fourth-order valence-electron chi connectivity index (χ4n) is 1.82. The van der Waals surface area contributed by atoms with Crippen molar-refractivity contribution in [2.45, 2.75) is 46.0 Å². The van der Waals surface area contributed by atoms with Crippen molar-refractivity contribution in [1.29, 1.82) is 0 Å². The van der Waals surface area contributed by atoms with Gasteiger partial charge in [-0.2, -0.15) is 0 Å². The second-order valence-corrected chi connectivity index (χ2v) is 4.38. The molecule has 0 fully saturated rings. The molecule has 0 saturated carbocycles. The molecule has 0 amide bonds. The SMILES string of the molecule is CCCCC(C)[CH]CCc1ccccc1. The van der Waals surface area contributed by atoms with Crippen LogP contribution in [-0.2, 0) is 6.42 Å². The molecule has 1 rings (SSSR count). The van der Waals surface area contributed by atoms with Crippen LogP contribution in [0.5, 0.6) is 0 Å². The van der Waals surface area contributed by atoms with Crippen LogP contribution in [0.1, 0.15) is 45.1 Å². The third kappa shape index (κ3) is 5.61. The molecule has 1 radical (unpaired) electrons. The van der Waals surface area contributed by atoms with Gasteiger partial charge in [0.05, 0.1) is 0 Å². The Morgan fingerprint density at radius 1 is 1.20 bits per heavy atom. The van der Waals surface area contributed by atoms with Crippen LogP contribution >= 0.6 is 0 Å². The van der Waals surface area contributed by atoms with Crippen molar-refractivity contribution in [3.05, 3.63) is 42.3 Å². The molecule has 0 nitrogen and oxygen atoms in total. The first-order chi connectivity index (χ1) is 7.33. The summed E-state index contributed by atoms with van der Waals surface area (Å²) in [5.41, 5.74) is 1.46. The van der Waals surface area contributed by atoms with Gasteiger partial charge in [0.15, 0.2) is 0 Å². The highest BCUT2D eigenvalue weighted by Crippen LogP contribution is 2.14. The molecule has 0 spiro atoms. The number of aryl methyl sites for hydroxylation is 1. The van der Waals surface area contributed by atoms with Gasteiger partial charge in [-0.3, -0.25) is 0 Å². The number of benzene rings is 1. The third-order valence-corrected chi connectivity index (χ3v) is 2.86. The first-order valence-corrected chi connectivity index (χ1v) is 6.20. The smallest absolute Gasteiger partial charge is 0.0276 e. The average Bonchev–Trinajstić information content (AvgIpc) is 2.28. The van der Waals surface area contributed by atoms with E-state index in [2.05, 4.69) is 50.6 Å². The van der Waals surface area contributed by atoms with Crippen molar-refractivity contribution in [2.75, 3.05) is 0 Å². The van der Waals surface area contributed by atoms with E-state index in [0.717, 1.165) is 5.92 Å². The topological polar surface area (TPSA) is 0 Å². The molecule has 0 aliphatic rings. The molecule has 1 atom stereocenters. The minimum atomic E-state index is 0.786. The highest BCUT2D eigenvalue weighted by molar-refractivity contribution is 5.14. The van der Waals surface area contributed by atoms with Crippen LogP contribution in [0.2, 0.25) is 0 Å². The van der Waals surface area contributed by atoms with Crippen LogP contribution in [0.4, 0.5) is 0 Å². The Balaban J connectivity index is 2.11. The quantitative estimate of drug-likeness (QED) is 0.605. The van der Waals surface area contributed by atoms with E-state index < -0.39 is 0 Å². The van der Waals surface area contributed by atoms with Crippen molar-refractivity contribution in [3.8, 4) is 0 Å². The molecule has 0 N–H and O–H groups in total. The average molecular weight is 203 g/mol. The van der Waals surface area contributed by atoms with Crippen LogP contribution in [0.3, 0.4) is 0 Å². The Hall–Kier alpha value is -0.780. The Bertz CT molecular complexity index is 237. The van der Waals surface area contributed by atoms with Gasteiger partial charge in [0.25, 0.3) is 0 Å². The molecule has 0 heteroatoms. The maximum atomic E-state index is 2.47. The van der Waals surface area contributed by atoms with E-state index in [0.29, 0.717) is 0 Å². The summed E-state index contributed by atoms with van der Waals surface area (Å²) in [6.45, 7) is 4.59. The second kappa shape index (κ2) is 7.50. The zero-order chi connectivity index (χ0) is 10.9. The molecule has 0 aliphatic carbocycles. The van der Waals surface area contributed by atoms with E-state index in [-0.39, 0.29) is 0 Å². The second-order valence-electron chi connectivity index (χ2n) is 4.38. The summed E-state index contributed by atoms with van der Waals surface area (Å²) < 4.78 is 0. The van der Waals surface area contributed by atoms with Crippen molar-refractivity contribution < 1.29 is 0 Å². The Morgan fingerprint density at radius 2 is 1.93 bits per heavy atom.